The van der Waals surface area contributed by atoms with E-state index >= 15 is 0 Å². The second-order valence-corrected chi connectivity index (χ2v) is 8.94. The summed E-state index contributed by atoms with van der Waals surface area (Å²) in [4.78, 5) is 13.5. The maximum absolute atomic E-state index is 13.5. The number of halogens is 1. The zero-order valence-electron chi connectivity index (χ0n) is 18.7. The normalized spacial score (nSPS) is 14.9. The van der Waals surface area contributed by atoms with Crippen LogP contribution in [0.1, 0.15) is 18.5 Å². The van der Waals surface area contributed by atoms with E-state index in [4.69, 9.17) is 9.84 Å². The van der Waals surface area contributed by atoms with Gasteiger partial charge in [0.15, 0.2) is 0 Å². The van der Waals surface area contributed by atoms with Crippen LogP contribution in [0.4, 0.5) is 11.5 Å². The highest BCUT2D eigenvalue weighted by atomic mass is 79.9. The van der Waals surface area contributed by atoms with Crippen LogP contribution in [0.15, 0.2) is 101 Å². The van der Waals surface area contributed by atoms with Gasteiger partial charge in [-0.05, 0) is 61.0 Å². The number of aromatic nitrogens is 2. The molecular weight excluding hydrogens is 492 g/mol. The molecule has 1 amide bonds. The van der Waals surface area contributed by atoms with Gasteiger partial charge in [-0.15, -0.1) is 0 Å². The van der Waals surface area contributed by atoms with E-state index in [1.807, 2.05) is 96.5 Å². The smallest absolute Gasteiger partial charge is 0.255 e. The molecule has 0 saturated heterocycles. The van der Waals surface area contributed by atoms with E-state index in [-0.39, 0.29) is 11.9 Å². The molecule has 0 spiro atoms. The monoisotopic (exact) mass is 514 g/mol. The first kappa shape index (κ1) is 22.0. The van der Waals surface area contributed by atoms with Crippen LogP contribution >= 0.6 is 15.9 Å². The van der Waals surface area contributed by atoms with Crippen LogP contribution in [0.25, 0.3) is 11.3 Å². The third-order valence-corrected chi connectivity index (χ3v) is 6.35. The summed E-state index contributed by atoms with van der Waals surface area (Å²) in [6, 6.07) is 26.8. The predicted octanol–water partition coefficient (Wildman–Crippen LogP) is 6.25. The van der Waals surface area contributed by atoms with Crippen molar-refractivity contribution >= 4 is 33.3 Å². The number of carbonyl (C=O) groups is 1. The fourth-order valence-corrected chi connectivity index (χ4v) is 4.41. The number of rotatable bonds is 5. The van der Waals surface area contributed by atoms with E-state index in [9.17, 15) is 4.79 Å². The molecule has 0 radical (unpaired) electrons. The van der Waals surface area contributed by atoms with Gasteiger partial charge in [-0.3, -0.25) is 4.79 Å². The van der Waals surface area contributed by atoms with E-state index in [2.05, 4.69) is 26.6 Å². The van der Waals surface area contributed by atoms with E-state index in [0.29, 0.717) is 5.57 Å². The molecule has 1 aliphatic heterocycles. The number of allylic oxidation sites excluding steroid dienone is 1. The third kappa shape index (κ3) is 4.22. The van der Waals surface area contributed by atoms with Crippen molar-refractivity contribution in [2.45, 2.75) is 13.0 Å². The van der Waals surface area contributed by atoms with Gasteiger partial charge in [0.1, 0.15) is 17.6 Å². The van der Waals surface area contributed by atoms with E-state index in [1.54, 1.807) is 7.11 Å². The molecular formula is C27H23BrN4O2. The number of anilines is 2. The number of amides is 1. The fraction of sp³-hybridized carbons (Fsp3) is 0.111. The van der Waals surface area contributed by atoms with Gasteiger partial charge in [-0.25, -0.2) is 4.68 Å². The lowest BCUT2D eigenvalue weighted by atomic mass is 9.95. The highest BCUT2D eigenvalue weighted by Gasteiger charge is 2.33. The first-order valence-corrected chi connectivity index (χ1v) is 11.7. The molecule has 0 bridgehead atoms. The lowest BCUT2D eigenvalue weighted by Gasteiger charge is -2.29. The number of methoxy groups -OCH3 is 1. The van der Waals surface area contributed by atoms with Crippen molar-refractivity contribution in [1.29, 1.82) is 0 Å². The quantitative estimate of drug-likeness (QED) is 0.330. The van der Waals surface area contributed by atoms with Gasteiger partial charge in [-0.1, -0.05) is 46.3 Å². The summed E-state index contributed by atoms with van der Waals surface area (Å²) in [5.41, 5.74) is 4.88. The molecule has 170 valence electrons. The first-order chi connectivity index (χ1) is 16.5. The SMILES string of the molecule is COc1ccc(-c2cc3n(n2)[C@@H](c2ccc(Br)cc2)C(C(=O)Nc2ccccc2)=C(C)N3)cc1. The molecule has 3 aromatic carbocycles. The minimum atomic E-state index is -0.389. The van der Waals surface area contributed by atoms with Crippen LogP contribution in [0.5, 0.6) is 5.75 Å². The Morgan fingerprint density at radius 3 is 2.41 bits per heavy atom. The number of para-hydroxylation sites is 1. The van der Waals surface area contributed by atoms with E-state index < -0.39 is 0 Å². The molecule has 0 saturated carbocycles. The van der Waals surface area contributed by atoms with Gasteiger partial charge in [0.05, 0.1) is 18.4 Å². The van der Waals surface area contributed by atoms with E-state index in [1.165, 1.54) is 0 Å². The van der Waals surface area contributed by atoms with Crippen LogP contribution < -0.4 is 15.4 Å². The second-order valence-electron chi connectivity index (χ2n) is 8.03. The number of benzene rings is 3. The van der Waals surface area contributed by atoms with Gasteiger partial charge in [0.2, 0.25) is 0 Å². The predicted molar refractivity (Wildman–Crippen MR) is 138 cm³/mol. The third-order valence-electron chi connectivity index (χ3n) is 5.82. The molecule has 7 heteroatoms. The van der Waals surface area contributed by atoms with E-state index in [0.717, 1.165) is 44.2 Å². The maximum Gasteiger partial charge on any atom is 0.255 e. The number of ether oxygens (including phenoxy) is 1. The Labute approximate surface area is 206 Å². The number of hydrogen-bond donors (Lipinski definition) is 2. The minimum Gasteiger partial charge on any atom is -0.497 e. The molecule has 5 rings (SSSR count). The van der Waals surface area contributed by atoms with Crippen molar-refractivity contribution in [1.82, 2.24) is 9.78 Å². The summed E-state index contributed by atoms with van der Waals surface area (Å²) >= 11 is 3.51. The lowest BCUT2D eigenvalue weighted by molar-refractivity contribution is -0.113. The summed E-state index contributed by atoms with van der Waals surface area (Å²) in [6.07, 6.45) is 0. The summed E-state index contributed by atoms with van der Waals surface area (Å²) in [6.45, 7) is 1.93. The fourth-order valence-electron chi connectivity index (χ4n) is 4.14. The Balaban J connectivity index is 1.58. The Bertz CT molecular complexity index is 1360. The number of fused-ring (bicyclic) bond motifs is 1. The molecule has 0 unspecified atom stereocenters. The Morgan fingerprint density at radius 1 is 1.03 bits per heavy atom. The zero-order chi connectivity index (χ0) is 23.7. The topological polar surface area (TPSA) is 68.2 Å². The van der Waals surface area contributed by atoms with Crippen LogP contribution in [0.2, 0.25) is 0 Å². The average Bonchev–Trinajstić information content (AvgIpc) is 3.28. The Morgan fingerprint density at radius 2 is 1.74 bits per heavy atom. The Hall–Kier alpha value is -3.84. The molecule has 1 atom stereocenters. The highest BCUT2D eigenvalue weighted by Crippen LogP contribution is 2.38. The Kier molecular flexibility index (Phi) is 5.94. The molecule has 34 heavy (non-hydrogen) atoms. The summed E-state index contributed by atoms with van der Waals surface area (Å²) in [7, 11) is 1.65. The standard InChI is InChI=1S/C27H23BrN4O2/c1-17-25(27(33)30-21-6-4-3-5-7-21)26(19-8-12-20(28)13-9-19)32-24(29-17)16-23(31-32)18-10-14-22(34-2)15-11-18/h3-16,26,29H,1-2H3,(H,30,33)/t26-/m0/s1. The van der Waals surface area contributed by atoms with Crippen molar-refractivity contribution in [2.24, 2.45) is 0 Å². The molecule has 0 aliphatic carbocycles. The molecule has 2 N–H and O–H groups in total. The lowest BCUT2D eigenvalue weighted by Crippen LogP contribution is -2.31. The van der Waals surface area contributed by atoms with Gasteiger partial charge in [0, 0.05) is 27.5 Å². The van der Waals surface area contributed by atoms with Crippen LogP contribution in [-0.4, -0.2) is 22.8 Å². The molecule has 4 aromatic rings. The van der Waals surface area contributed by atoms with Gasteiger partial charge >= 0.3 is 0 Å². The number of hydrogen-bond acceptors (Lipinski definition) is 4. The van der Waals surface area contributed by atoms with Gasteiger partial charge in [0.25, 0.3) is 5.91 Å². The maximum atomic E-state index is 13.5. The summed E-state index contributed by atoms with van der Waals surface area (Å²) in [5, 5.41) is 11.3. The van der Waals surface area contributed by atoms with Crippen LogP contribution in [0.3, 0.4) is 0 Å². The molecule has 6 nitrogen and oxygen atoms in total. The van der Waals surface area contributed by atoms with Gasteiger partial charge in [-0.2, -0.15) is 5.10 Å². The number of nitrogens with one attached hydrogen (secondary N) is 2. The second kappa shape index (κ2) is 9.19. The van der Waals surface area contributed by atoms with Gasteiger partial charge < -0.3 is 15.4 Å². The number of nitrogens with zero attached hydrogens (tertiary/aromatic N) is 2. The molecule has 0 fully saturated rings. The average molecular weight is 515 g/mol. The van der Waals surface area contributed by atoms with Crippen molar-refractivity contribution in [3.05, 3.63) is 106 Å². The van der Waals surface area contributed by atoms with Crippen LogP contribution in [-0.2, 0) is 4.79 Å². The minimum absolute atomic E-state index is 0.170. The van der Waals surface area contributed by atoms with Crippen molar-refractivity contribution in [3.8, 4) is 17.0 Å². The first-order valence-electron chi connectivity index (χ1n) is 10.9. The van der Waals surface area contributed by atoms with Crippen molar-refractivity contribution in [3.63, 3.8) is 0 Å². The summed E-state index contributed by atoms with van der Waals surface area (Å²) < 4.78 is 8.14. The van der Waals surface area contributed by atoms with Crippen molar-refractivity contribution in [2.75, 3.05) is 17.7 Å². The van der Waals surface area contributed by atoms with Crippen molar-refractivity contribution < 1.29 is 9.53 Å². The molecule has 1 aromatic heterocycles. The zero-order valence-corrected chi connectivity index (χ0v) is 20.3. The van der Waals surface area contributed by atoms with Crippen LogP contribution in [0, 0.1) is 0 Å². The number of carbonyl (C=O) groups excluding carboxylic acids is 1. The largest absolute Gasteiger partial charge is 0.497 e. The summed E-state index contributed by atoms with van der Waals surface area (Å²) in [5.74, 6) is 1.44. The molecule has 2 heterocycles. The highest BCUT2D eigenvalue weighted by molar-refractivity contribution is 9.10. The molecule has 1 aliphatic rings.